The summed E-state index contributed by atoms with van der Waals surface area (Å²) in [6.07, 6.45) is 4.34. The van der Waals surface area contributed by atoms with Crippen molar-refractivity contribution >= 4 is 32.6 Å². The van der Waals surface area contributed by atoms with Crippen molar-refractivity contribution in [3.63, 3.8) is 0 Å². The van der Waals surface area contributed by atoms with Crippen LogP contribution in [0.15, 0.2) is 30.7 Å². The van der Waals surface area contributed by atoms with E-state index in [4.69, 9.17) is 4.74 Å². The molecule has 0 fully saturated rings. The summed E-state index contributed by atoms with van der Waals surface area (Å²) in [7, 11) is 1.63. The SMILES string of the molecule is COc1ccc2nc(NC(=O)CCc3cnc[nH]3)sc2c1. The van der Waals surface area contributed by atoms with Gasteiger partial charge in [-0.2, -0.15) is 0 Å². The van der Waals surface area contributed by atoms with Crippen LogP contribution in [0.2, 0.25) is 0 Å². The van der Waals surface area contributed by atoms with Crippen LogP contribution in [0.3, 0.4) is 0 Å². The average molecular weight is 302 g/mol. The van der Waals surface area contributed by atoms with Crippen LogP contribution in [-0.2, 0) is 11.2 Å². The van der Waals surface area contributed by atoms with E-state index >= 15 is 0 Å². The number of aromatic amines is 1. The van der Waals surface area contributed by atoms with Crippen LogP contribution >= 0.6 is 11.3 Å². The average Bonchev–Trinajstić information content (AvgIpc) is 3.13. The van der Waals surface area contributed by atoms with Gasteiger partial charge in [-0.15, -0.1) is 0 Å². The molecule has 0 atom stereocenters. The van der Waals surface area contributed by atoms with Gasteiger partial charge in [0, 0.05) is 18.3 Å². The Kier molecular flexibility index (Phi) is 3.83. The molecule has 6 nitrogen and oxygen atoms in total. The van der Waals surface area contributed by atoms with E-state index in [2.05, 4.69) is 20.3 Å². The number of fused-ring (bicyclic) bond motifs is 1. The minimum atomic E-state index is -0.0596. The highest BCUT2D eigenvalue weighted by atomic mass is 32.1. The van der Waals surface area contributed by atoms with Gasteiger partial charge in [-0.05, 0) is 24.6 Å². The number of thiazole rings is 1. The summed E-state index contributed by atoms with van der Waals surface area (Å²) < 4.78 is 6.16. The van der Waals surface area contributed by atoms with E-state index in [1.165, 1.54) is 11.3 Å². The monoisotopic (exact) mass is 302 g/mol. The number of benzene rings is 1. The predicted molar refractivity (Wildman–Crippen MR) is 81.7 cm³/mol. The molecule has 0 saturated heterocycles. The number of aromatic nitrogens is 3. The van der Waals surface area contributed by atoms with E-state index in [0.717, 1.165) is 21.7 Å². The van der Waals surface area contributed by atoms with Crippen molar-refractivity contribution in [3.05, 3.63) is 36.4 Å². The number of nitrogens with zero attached hydrogens (tertiary/aromatic N) is 2. The van der Waals surface area contributed by atoms with Crippen molar-refractivity contribution in [3.8, 4) is 5.75 Å². The van der Waals surface area contributed by atoms with Gasteiger partial charge < -0.3 is 15.0 Å². The van der Waals surface area contributed by atoms with Crippen LogP contribution in [-0.4, -0.2) is 28.0 Å². The van der Waals surface area contributed by atoms with Gasteiger partial charge in [0.15, 0.2) is 5.13 Å². The molecule has 1 amide bonds. The third kappa shape index (κ3) is 3.19. The third-order valence-electron chi connectivity index (χ3n) is 3.02. The second-order valence-corrected chi connectivity index (χ2v) is 5.51. The first kappa shape index (κ1) is 13.6. The van der Waals surface area contributed by atoms with Gasteiger partial charge in [-0.25, -0.2) is 9.97 Å². The Morgan fingerprint density at radius 1 is 1.48 bits per heavy atom. The molecule has 2 N–H and O–H groups in total. The molecule has 0 radical (unpaired) electrons. The number of rotatable bonds is 5. The number of carbonyl (C=O) groups is 1. The fourth-order valence-corrected chi connectivity index (χ4v) is 2.85. The van der Waals surface area contributed by atoms with Crippen molar-refractivity contribution in [2.45, 2.75) is 12.8 Å². The minimum Gasteiger partial charge on any atom is -0.497 e. The van der Waals surface area contributed by atoms with Crippen LogP contribution in [0, 0.1) is 0 Å². The van der Waals surface area contributed by atoms with E-state index in [0.29, 0.717) is 18.0 Å². The number of amides is 1. The quantitative estimate of drug-likeness (QED) is 0.759. The van der Waals surface area contributed by atoms with Gasteiger partial charge in [-0.1, -0.05) is 11.3 Å². The first-order valence-corrected chi connectivity index (χ1v) is 7.28. The molecule has 1 aromatic carbocycles. The largest absolute Gasteiger partial charge is 0.497 e. The molecule has 0 aliphatic carbocycles. The highest BCUT2D eigenvalue weighted by Gasteiger charge is 2.09. The Hall–Kier alpha value is -2.41. The molecule has 0 unspecified atom stereocenters. The second-order valence-electron chi connectivity index (χ2n) is 4.48. The Labute approximate surface area is 125 Å². The van der Waals surface area contributed by atoms with Crippen molar-refractivity contribution in [1.29, 1.82) is 0 Å². The molecule has 2 aromatic heterocycles. The molecule has 21 heavy (non-hydrogen) atoms. The molecule has 3 rings (SSSR count). The summed E-state index contributed by atoms with van der Waals surface area (Å²) >= 11 is 1.44. The second kappa shape index (κ2) is 5.92. The Morgan fingerprint density at radius 3 is 3.14 bits per heavy atom. The van der Waals surface area contributed by atoms with Gasteiger partial charge in [0.05, 0.1) is 23.7 Å². The number of hydrogen-bond acceptors (Lipinski definition) is 5. The fraction of sp³-hybridized carbons (Fsp3) is 0.214. The highest BCUT2D eigenvalue weighted by Crippen LogP contribution is 2.29. The maximum atomic E-state index is 11.9. The van der Waals surface area contributed by atoms with Crippen LogP contribution in [0.5, 0.6) is 5.75 Å². The lowest BCUT2D eigenvalue weighted by Crippen LogP contribution is -2.12. The molecule has 0 bridgehead atoms. The maximum Gasteiger partial charge on any atom is 0.226 e. The number of methoxy groups -OCH3 is 1. The summed E-state index contributed by atoms with van der Waals surface area (Å²) in [5.74, 6) is 0.721. The molecule has 7 heteroatoms. The first-order valence-electron chi connectivity index (χ1n) is 6.46. The zero-order valence-electron chi connectivity index (χ0n) is 11.4. The summed E-state index contributed by atoms with van der Waals surface area (Å²) in [5, 5.41) is 3.43. The maximum absolute atomic E-state index is 11.9. The summed E-state index contributed by atoms with van der Waals surface area (Å²) in [6, 6.07) is 5.64. The zero-order valence-corrected chi connectivity index (χ0v) is 12.2. The molecule has 108 valence electrons. The molecule has 0 saturated carbocycles. The molecule has 3 aromatic rings. The highest BCUT2D eigenvalue weighted by molar-refractivity contribution is 7.22. The van der Waals surface area contributed by atoms with Crippen LogP contribution in [0.1, 0.15) is 12.1 Å². The number of aryl methyl sites for hydroxylation is 1. The smallest absolute Gasteiger partial charge is 0.226 e. The topological polar surface area (TPSA) is 79.9 Å². The summed E-state index contributed by atoms with van der Waals surface area (Å²) in [4.78, 5) is 23.2. The van der Waals surface area contributed by atoms with Crippen LogP contribution in [0.4, 0.5) is 5.13 Å². The summed E-state index contributed by atoms with van der Waals surface area (Å²) in [6.45, 7) is 0. The van der Waals surface area contributed by atoms with Crippen molar-refractivity contribution in [2.24, 2.45) is 0 Å². The number of nitrogens with one attached hydrogen (secondary N) is 2. The molecule has 0 spiro atoms. The molecular weight excluding hydrogens is 288 g/mol. The van der Waals surface area contributed by atoms with Gasteiger partial charge in [0.25, 0.3) is 0 Å². The van der Waals surface area contributed by atoms with E-state index in [1.807, 2.05) is 18.2 Å². The Morgan fingerprint density at radius 2 is 2.38 bits per heavy atom. The Bertz CT molecular complexity index is 752. The number of H-pyrrole nitrogens is 1. The zero-order chi connectivity index (χ0) is 14.7. The van der Waals surface area contributed by atoms with Gasteiger partial charge in [0.2, 0.25) is 5.91 Å². The van der Waals surface area contributed by atoms with Crippen molar-refractivity contribution < 1.29 is 9.53 Å². The van der Waals surface area contributed by atoms with Crippen LogP contribution < -0.4 is 10.1 Å². The predicted octanol–water partition coefficient (Wildman–Crippen LogP) is 2.60. The van der Waals surface area contributed by atoms with E-state index in [-0.39, 0.29) is 5.91 Å². The number of imidazole rings is 1. The normalized spacial score (nSPS) is 10.7. The molecule has 0 aliphatic rings. The number of ether oxygens (including phenoxy) is 1. The number of hydrogen-bond donors (Lipinski definition) is 2. The van der Waals surface area contributed by atoms with Gasteiger partial charge >= 0.3 is 0 Å². The first-order chi connectivity index (χ1) is 10.2. The lowest BCUT2D eigenvalue weighted by molar-refractivity contribution is -0.116. The van der Waals surface area contributed by atoms with E-state index in [9.17, 15) is 4.79 Å². The third-order valence-corrected chi connectivity index (χ3v) is 3.95. The van der Waals surface area contributed by atoms with Crippen molar-refractivity contribution in [1.82, 2.24) is 15.0 Å². The van der Waals surface area contributed by atoms with Gasteiger partial charge in [0.1, 0.15) is 5.75 Å². The molecular formula is C14H14N4O2S. The van der Waals surface area contributed by atoms with Gasteiger partial charge in [-0.3, -0.25) is 4.79 Å². The number of carbonyl (C=O) groups excluding carboxylic acids is 1. The number of anilines is 1. The minimum absolute atomic E-state index is 0.0596. The molecule has 2 heterocycles. The fourth-order valence-electron chi connectivity index (χ4n) is 1.94. The van der Waals surface area contributed by atoms with E-state index < -0.39 is 0 Å². The lowest BCUT2D eigenvalue weighted by atomic mass is 10.2. The molecule has 0 aliphatic heterocycles. The standard InChI is InChI=1S/C14H14N4O2S/c1-20-10-3-4-11-12(6-10)21-14(17-11)18-13(19)5-2-9-7-15-8-16-9/h3-4,6-8H,2,5H2,1H3,(H,15,16)(H,17,18,19). The lowest BCUT2D eigenvalue weighted by Gasteiger charge is -1.99. The van der Waals surface area contributed by atoms with Crippen molar-refractivity contribution in [2.75, 3.05) is 12.4 Å². The van der Waals surface area contributed by atoms with E-state index in [1.54, 1.807) is 19.6 Å². The Balaban J connectivity index is 1.65. The van der Waals surface area contributed by atoms with Crippen LogP contribution in [0.25, 0.3) is 10.2 Å². The summed E-state index contributed by atoms with van der Waals surface area (Å²) in [5.41, 5.74) is 1.80.